The number of nitrogens with zero attached hydrogens (tertiary/aromatic N) is 1. The Morgan fingerprint density at radius 3 is 1.58 bits per heavy atom. The van der Waals surface area contributed by atoms with Crippen LogP contribution in [0.3, 0.4) is 0 Å². The van der Waals surface area contributed by atoms with Gasteiger partial charge in [0.15, 0.2) is 33.3 Å². The highest BCUT2D eigenvalue weighted by Crippen LogP contribution is 2.52. The Balaban J connectivity index is 2.91. The highest BCUT2D eigenvalue weighted by atomic mass is 28.4. The number of epoxide rings is 1. The van der Waals surface area contributed by atoms with Crippen molar-refractivity contribution in [2.24, 2.45) is 17.8 Å². The number of ether oxygens (including phenoxy) is 3. The number of rotatable bonds is 24. The second-order valence-electron chi connectivity index (χ2n) is 25.0. The maximum Gasteiger partial charge on any atom is 0.248 e. The molecule has 11 nitrogen and oxygen atoms in total. The first kappa shape index (κ1) is 59.2. The summed E-state index contributed by atoms with van der Waals surface area (Å²) in [4.78, 5) is 19.4. The van der Waals surface area contributed by atoms with Gasteiger partial charge in [-0.1, -0.05) is 102 Å². The molecular formula is C49H97NO10Si4. The van der Waals surface area contributed by atoms with E-state index < -0.39 is 69.0 Å². The van der Waals surface area contributed by atoms with Crippen LogP contribution < -0.4 is 4.74 Å². The number of benzene rings is 1. The van der Waals surface area contributed by atoms with Crippen LogP contribution in [-0.4, -0.2) is 120 Å². The Labute approximate surface area is 396 Å². The third-order valence-electron chi connectivity index (χ3n) is 15.9. The predicted molar refractivity (Wildman–Crippen MR) is 273 cm³/mol. The Hall–Kier alpha value is -0.962. The molecule has 0 aliphatic carbocycles. The van der Waals surface area contributed by atoms with Crippen LogP contribution in [0, 0.1) is 17.8 Å². The number of hydroxylamine groups is 2. The van der Waals surface area contributed by atoms with Crippen molar-refractivity contribution in [2.45, 2.75) is 213 Å². The molecule has 0 aromatic heterocycles. The van der Waals surface area contributed by atoms with Gasteiger partial charge in [-0.3, -0.25) is 9.63 Å². The number of carbonyl (C=O) groups excluding carboxylic acids is 1. The molecule has 64 heavy (non-hydrogen) atoms. The zero-order chi connectivity index (χ0) is 49.9. The zero-order valence-electron chi connectivity index (χ0n) is 45.5. The van der Waals surface area contributed by atoms with Gasteiger partial charge in [0.1, 0.15) is 11.4 Å². The average molecular weight is 973 g/mol. The number of amides is 1. The number of aliphatic hydroxyl groups excluding tert-OH is 1. The number of carbonyl (C=O) groups is 1. The minimum atomic E-state index is -2.55. The fourth-order valence-corrected chi connectivity index (χ4v) is 11.7. The van der Waals surface area contributed by atoms with Gasteiger partial charge in [0.25, 0.3) is 0 Å². The molecule has 1 aromatic rings. The maximum atomic E-state index is 14.0. The Kier molecular flexibility index (Phi) is 20.1. The molecule has 0 spiro atoms. The van der Waals surface area contributed by atoms with Crippen LogP contribution in [0.5, 0.6) is 5.75 Å². The molecule has 1 saturated heterocycles. The lowest BCUT2D eigenvalue weighted by Gasteiger charge is -2.48. The summed E-state index contributed by atoms with van der Waals surface area (Å²) in [6.45, 7) is 50.3. The van der Waals surface area contributed by atoms with E-state index in [-0.39, 0.29) is 57.7 Å². The second kappa shape index (κ2) is 21.8. The summed E-state index contributed by atoms with van der Waals surface area (Å²) in [6.07, 6.45) is -2.57. The van der Waals surface area contributed by atoms with E-state index in [2.05, 4.69) is 149 Å². The Morgan fingerprint density at radius 1 is 0.719 bits per heavy atom. The quantitative estimate of drug-likeness (QED) is 0.0609. The largest absolute Gasteiger partial charge is 0.497 e. The van der Waals surface area contributed by atoms with Gasteiger partial charge in [-0.25, -0.2) is 5.06 Å². The molecule has 0 bridgehead atoms. The molecule has 1 heterocycles. The van der Waals surface area contributed by atoms with Crippen LogP contribution in [0.2, 0.25) is 72.5 Å². The highest BCUT2D eigenvalue weighted by Gasteiger charge is 2.65. The van der Waals surface area contributed by atoms with E-state index in [0.29, 0.717) is 13.2 Å². The predicted octanol–water partition coefficient (Wildman–Crippen LogP) is 11.8. The standard InChI is InChI=1S/C49H97NO10Si4/c1-35(31-55-32-36-26-28-37(53-16)29-27-36)43-49(14,58-43)44(60-64(24,25)48(11,12)13)39(34-57-62(20,21)46(5,6)7)42(52)38(33-56-61(18,19)45(2,3)4)40(30-41(51)50(15)54-17)59-63(22,23)47(8,9)10/h26-29,35,38-40,42-44,52H,30-34H2,1-25H3/t35-,38+,39-,40+,42+,43+,44-,49-/m0/s1. The van der Waals surface area contributed by atoms with Gasteiger partial charge in [0.2, 0.25) is 5.91 Å². The van der Waals surface area contributed by atoms with E-state index in [1.54, 1.807) is 14.2 Å². The molecule has 1 amide bonds. The number of hydrogen-bond acceptors (Lipinski definition) is 10. The van der Waals surface area contributed by atoms with E-state index >= 15 is 0 Å². The number of hydrogen-bond donors (Lipinski definition) is 1. The molecule has 0 radical (unpaired) electrons. The van der Waals surface area contributed by atoms with Crippen LogP contribution in [0.15, 0.2) is 24.3 Å². The Morgan fingerprint density at radius 2 is 1.16 bits per heavy atom. The van der Waals surface area contributed by atoms with Gasteiger partial charge in [-0.2, -0.15) is 0 Å². The van der Waals surface area contributed by atoms with Gasteiger partial charge < -0.3 is 37.0 Å². The van der Waals surface area contributed by atoms with Crippen molar-refractivity contribution in [3.05, 3.63) is 29.8 Å². The van der Waals surface area contributed by atoms with Crippen LogP contribution in [-0.2, 0) is 43.4 Å². The summed E-state index contributed by atoms with van der Waals surface area (Å²) >= 11 is 0. The third kappa shape index (κ3) is 15.3. The smallest absolute Gasteiger partial charge is 0.248 e. The van der Waals surface area contributed by atoms with E-state index in [1.807, 2.05) is 24.3 Å². The molecule has 374 valence electrons. The molecule has 8 atom stereocenters. The van der Waals surface area contributed by atoms with Crippen molar-refractivity contribution < 1.29 is 46.7 Å². The van der Waals surface area contributed by atoms with Crippen molar-refractivity contribution in [1.82, 2.24) is 5.06 Å². The first-order valence-electron chi connectivity index (χ1n) is 23.7. The van der Waals surface area contributed by atoms with Crippen molar-refractivity contribution in [3.8, 4) is 5.75 Å². The lowest BCUT2D eigenvalue weighted by Crippen LogP contribution is -2.59. The lowest BCUT2D eigenvalue weighted by atomic mass is 9.78. The first-order valence-corrected chi connectivity index (χ1v) is 35.3. The summed E-state index contributed by atoms with van der Waals surface area (Å²) in [5.74, 6) is -0.634. The summed E-state index contributed by atoms with van der Waals surface area (Å²) in [5.41, 5.74) is 0.279. The fraction of sp³-hybridized carbons (Fsp3) is 0.857. The molecule has 1 aromatic carbocycles. The molecule has 1 N–H and O–H groups in total. The molecule has 15 heteroatoms. The molecule has 1 aliphatic heterocycles. The monoisotopic (exact) mass is 972 g/mol. The van der Waals surface area contributed by atoms with Crippen molar-refractivity contribution in [2.75, 3.05) is 41.1 Å². The first-order chi connectivity index (χ1) is 28.7. The zero-order valence-corrected chi connectivity index (χ0v) is 49.5. The maximum absolute atomic E-state index is 14.0. The summed E-state index contributed by atoms with van der Waals surface area (Å²) in [5, 5.41) is 14.4. The van der Waals surface area contributed by atoms with Gasteiger partial charge in [-0.05, 0) is 97.1 Å². The van der Waals surface area contributed by atoms with Crippen molar-refractivity contribution in [1.29, 1.82) is 0 Å². The van der Waals surface area contributed by atoms with Crippen LogP contribution in [0.1, 0.15) is 109 Å². The van der Waals surface area contributed by atoms with E-state index in [4.69, 9.17) is 36.8 Å². The fourth-order valence-electron chi connectivity index (χ4n) is 6.83. The molecule has 1 fully saturated rings. The summed E-state index contributed by atoms with van der Waals surface area (Å²) in [7, 11) is -5.09. The normalized spacial score (nSPS) is 21.2. The minimum absolute atomic E-state index is 0.00195. The van der Waals surface area contributed by atoms with Crippen molar-refractivity contribution >= 4 is 39.2 Å². The SMILES string of the molecule is COc1ccc(COC[C@H](C)[C@H]2O[C@]2(C)[C@@H](O[Si](C)(C)C(C)(C)C)[C@@H](CO[Si](C)(C)C(C)(C)C)[C@H](O)[C@H](CO[Si](C)(C)C(C)(C)C)[C@@H](CC(=O)N(C)OC)O[Si](C)(C)C(C)(C)C)cc1. The third-order valence-corrected chi connectivity index (χ3v) is 33.9. The lowest BCUT2D eigenvalue weighted by molar-refractivity contribution is -0.172. The van der Waals surface area contributed by atoms with Crippen molar-refractivity contribution in [3.63, 3.8) is 0 Å². The molecular weight excluding hydrogens is 875 g/mol. The second-order valence-corrected chi connectivity index (χ2v) is 44.1. The highest BCUT2D eigenvalue weighted by molar-refractivity contribution is 6.75. The Bertz CT molecular complexity index is 1610. The van der Waals surface area contributed by atoms with Gasteiger partial charge in [-0.15, -0.1) is 0 Å². The van der Waals surface area contributed by atoms with Gasteiger partial charge in [0.05, 0.1) is 58.3 Å². The number of methoxy groups -OCH3 is 1. The molecule has 0 unspecified atom stereocenters. The van der Waals surface area contributed by atoms with Gasteiger partial charge in [0, 0.05) is 38.0 Å². The molecule has 2 rings (SSSR count). The van der Waals surface area contributed by atoms with Crippen LogP contribution in [0.25, 0.3) is 0 Å². The minimum Gasteiger partial charge on any atom is -0.497 e. The summed E-state index contributed by atoms with van der Waals surface area (Å²) in [6, 6.07) is 7.93. The summed E-state index contributed by atoms with van der Waals surface area (Å²) < 4.78 is 47.9. The topological polar surface area (TPSA) is 118 Å². The molecule has 1 aliphatic rings. The van der Waals surface area contributed by atoms with Crippen LogP contribution in [0.4, 0.5) is 0 Å². The van der Waals surface area contributed by atoms with Crippen LogP contribution >= 0.6 is 0 Å². The molecule has 0 saturated carbocycles. The van der Waals surface area contributed by atoms with E-state index in [9.17, 15) is 9.90 Å². The van der Waals surface area contributed by atoms with E-state index in [0.717, 1.165) is 11.3 Å². The average Bonchev–Trinajstić information content (AvgIpc) is 3.84. The van der Waals surface area contributed by atoms with Gasteiger partial charge >= 0.3 is 0 Å². The number of aliphatic hydroxyl groups is 1. The van der Waals surface area contributed by atoms with E-state index in [1.165, 1.54) is 12.2 Å².